The number of halogens is 3. The van der Waals surface area contributed by atoms with Gasteiger partial charge in [-0.3, -0.25) is 9.59 Å². The van der Waals surface area contributed by atoms with Crippen molar-refractivity contribution in [2.24, 2.45) is 5.10 Å². The fourth-order valence-electron chi connectivity index (χ4n) is 2.42. The summed E-state index contributed by atoms with van der Waals surface area (Å²) >= 11 is 2.08. The Labute approximate surface area is 171 Å². The number of carbonyl (C=O) groups excluding carboxylic acids is 2. The van der Waals surface area contributed by atoms with Crippen molar-refractivity contribution in [1.82, 2.24) is 5.01 Å². The van der Waals surface area contributed by atoms with Crippen molar-refractivity contribution in [2.45, 2.75) is 58.0 Å². The molecule has 1 rings (SSSR count). The summed E-state index contributed by atoms with van der Waals surface area (Å²) in [5, 5.41) is 3.19. The van der Waals surface area contributed by atoms with E-state index in [1.807, 2.05) is 19.9 Å². The second kappa shape index (κ2) is 10.9. The summed E-state index contributed by atoms with van der Waals surface area (Å²) in [7, 11) is 0. The van der Waals surface area contributed by atoms with E-state index in [9.17, 15) is 22.8 Å². The summed E-state index contributed by atoms with van der Waals surface area (Å²) in [5.41, 5.74) is 1.90. The van der Waals surface area contributed by atoms with E-state index in [0.717, 1.165) is 34.7 Å². The number of thioether (sulfide) groups is 2. The third-order valence-electron chi connectivity index (χ3n) is 3.70. The molecule has 10 heteroatoms. The molecule has 5 nitrogen and oxygen atoms in total. The van der Waals surface area contributed by atoms with Gasteiger partial charge in [0.25, 0.3) is 0 Å². The predicted molar refractivity (Wildman–Crippen MR) is 108 cm³/mol. The highest BCUT2D eigenvalue weighted by molar-refractivity contribution is 8.39. The number of hydrogen-bond donors (Lipinski definition) is 0. The Balaban J connectivity index is 3.31. The number of esters is 1. The zero-order valence-electron chi connectivity index (χ0n) is 16.5. The highest BCUT2D eigenvalue weighted by Gasteiger charge is 2.49. The largest absolute Gasteiger partial charge is 0.473 e. The molecular formula is C18H25F3N2O3S2. The van der Waals surface area contributed by atoms with E-state index < -0.39 is 29.3 Å². The number of hydrazone groups is 1. The lowest BCUT2D eigenvalue weighted by Crippen LogP contribution is -2.52. The average molecular weight is 439 g/mol. The van der Waals surface area contributed by atoms with Gasteiger partial charge in [-0.05, 0) is 46.8 Å². The highest BCUT2D eigenvalue weighted by Crippen LogP contribution is 2.35. The Bertz CT molecular complexity index is 671. The number of rotatable bonds is 6. The minimum absolute atomic E-state index is 0.0881. The minimum Gasteiger partial charge on any atom is -0.465 e. The fourth-order valence-corrected chi connectivity index (χ4v) is 4.13. The zero-order chi connectivity index (χ0) is 21.5. The molecule has 1 amide bonds. The van der Waals surface area contributed by atoms with E-state index in [0.29, 0.717) is 17.9 Å². The maximum absolute atomic E-state index is 13.1. The summed E-state index contributed by atoms with van der Waals surface area (Å²) in [6, 6.07) is -1.18. The van der Waals surface area contributed by atoms with Gasteiger partial charge in [-0.1, -0.05) is 35.1 Å². The summed E-state index contributed by atoms with van der Waals surface area (Å²) in [4.78, 5) is 24.4. The van der Waals surface area contributed by atoms with Gasteiger partial charge in [-0.25, -0.2) is 5.01 Å². The summed E-state index contributed by atoms with van der Waals surface area (Å²) < 4.78 is 44.6. The second-order valence-electron chi connectivity index (χ2n) is 6.33. The van der Waals surface area contributed by atoms with Crippen LogP contribution in [0.25, 0.3) is 0 Å². The molecule has 2 atom stereocenters. The van der Waals surface area contributed by atoms with Gasteiger partial charge in [-0.15, -0.1) is 11.8 Å². The summed E-state index contributed by atoms with van der Waals surface area (Å²) in [6.45, 7) is 7.37. The standard InChI is InChI=1S/C18H25F3N2O3S2/c1-6-26-15(24)14-13(10-12(4)9-7-8-11(2)3)23(16(25)18(19,20)21)22-17(27-5)28-14/h8,10,13-14H,6-7,9H2,1-5H3/b12-10+. The maximum atomic E-state index is 13.1. The van der Waals surface area contributed by atoms with Crippen molar-refractivity contribution in [3.63, 3.8) is 0 Å². The van der Waals surface area contributed by atoms with Gasteiger partial charge < -0.3 is 4.74 Å². The molecule has 0 spiro atoms. The molecule has 0 saturated carbocycles. The summed E-state index contributed by atoms with van der Waals surface area (Å²) in [6.07, 6.45) is 1.34. The number of ether oxygens (including phenoxy) is 1. The van der Waals surface area contributed by atoms with Gasteiger partial charge >= 0.3 is 18.1 Å². The van der Waals surface area contributed by atoms with Crippen molar-refractivity contribution in [1.29, 1.82) is 0 Å². The first-order chi connectivity index (χ1) is 13.0. The van der Waals surface area contributed by atoms with Crippen LogP contribution in [0.3, 0.4) is 0 Å². The number of hydrogen-bond acceptors (Lipinski definition) is 6. The molecule has 1 heterocycles. The molecule has 28 heavy (non-hydrogen) atoms. The second-order valence-corrected chi connectivity index (χ2v) is 8.52. The molecule has 0 fully saturated rings. The number of amides is 1. The molecule has 0 N–H and O–H groups in total. The Kier molecular flexibility index (Phi) is 9.62. The lowest BCUT2D eigenvalue weighted by molar-refractivity contribution is -0.187. The number of carbonyl (C=O) groups is 2. The molecule has 158 valence electrons. The first-order valence-corrected chi connectivity index (χ1v) is 10.8. The topological polar surface area (TPSA) is 59.0 Å². The van der Waals surface area contributed by atoms with Crippen LogP contribution in [0.5, 0.6) is 0 Å². The molecule has 0 bridgehead atoms. The SMILES string of the molecule is CCOC(=O)C1SC(SC)=NN(C(=O)C(F)(F)F)C1/C=C(\C)CCC=C(C)C. The smallest absolute Gasteiger partial charge is 0.465 e. The van der Waals surface area contributed by atoms with Crippen molar-refractivity contribution < 1.29 is 27.5 Å². The first kappa shape index (κ1) is 24.6. The zero-order valence-corrected chi connectivity index (χ0v) is 18.1. The molecule has 2 unspecified atom stereocenters. The van der Waals surface area contributed by atoms with Crippen molar-refractivity contribution >= 4 is 39.8 Å². The Morgan fingerprint density at radius 2 is 1.96 bits per heavy atom. The van der Waals surface area contributed by atoms with Gasteiger partial charge in [0.15, 0.2) is 4.38 Å². The van der Waals surface area contributed by atoms with E-state index in [2.05, 4.69) is 5.10 Å². The van der Waals surface area contributed by atoms with E-state index >= 15 is 0 Å². The van der Waals surface area contributed by atoms with Crippen LogP contribution in [-0.4, -0.2) is 51.6 Å². The van der Waals surface area contributed by atoms with Gasteiger partial charge in [0.2, 0.25) is 0 Å². The van der Waals surface area contributed by atoms with Crippen LogP contribution in [0.4, 0.5) is 13.2 Å². The van der Waals surface area contributed by atoms with E-state index in [1.54, 1.807) is 20.1 Å². The van der Waals surface area contributed by atoms with E-state index in [4.69, 9.17) is 4.74 Å². The van der Waals surface area contributed by atoms with Gasteiger partial charge in [0, 0.05) is 0 Å². The Morgan fingerprint density at radius 1 is 1.32 bits per heavy atom. The number of allylic oxidation sites excluding steroid dienone is 3. The average Bonchev–Trinajstić information content (AvgIpc) is 2.60. The van der Waals surface area contributed by atoms with Gasteiger partial charge in [0.1, 0.15) is 5.25 Å². The lowest BCUT2D eigenvalue weighted by Gasteiger charge is -2.35. The van der Waals surface area contributed by atoms with Gasteiger partial charge in [-0.2, -0.15) is 18.3 Å². The molecule has 1 aliphatic rings. The van der Waals surface area contributed by atoms with Crippen LogP contribution in [-0.2, 0) is 14.3 Å². The molecule has 0 radical (unpaired) electrons. The molecule has 0 aromatic rings. The lowest BCUT2D eigenvalue weighted by atomic mass is 10.0. The Morgan fingerprint density at radius 3 is 2.46 bits per heavy atom. The predicted octanol–water partition coefficient (Wildman–Crippen LogP) is 4.75. The van der Waals surface area contributed by atoms with Crippen LogP contribution in [0, 0.1) is 0 Å². The van der Waals surface area contributed by atoms with Crippen molar-refractivity contribution in [3.8, 4) is 0 Å². The normalized spacial score (nSPS) is 20.5. The molecule has 0 aliphatic carbocycles. The van der Waals surface area contributed by atoms with Crippen LogP contribution in [0.2, 0.25) is 0 Å². The number of nitrogens with zero attached hydrogens (tertiary/aromatic N) is 2. The molecule has 1 aliphatic heterocycles. The summed E-state index contributed by atoms with van der Waals surface area (Å²) in [5.74, 6) is -2.78. The maximum Gasteiger partial charge on any atom is 0.473 e. The van der Waals surface area contributed by atoms with Crippen molar-refractivity contribution in [2.75, 3.05) is 12.9 Å². The molecular weight excluding hydrogens is 413 g/mol. The minimum atomic E-state index is -5.10. The highest BCUT2D eigenvalue weighted by atomic mass is 32.2. The molecule has 0 aromatic carbocycles. The quantitative estimate of drug-likeness (QED) is 0.442. The third-order valence-corrected chi connectivity index (χ3v) is 5.93. The first-order valence-electron chi connectivity index (χ1n) is 8.68. The van der Waals surface area contributed by atoms with E-state index in [-0.39, 0.29) is 11.0 Å². The van der Waals surface area contributed by atoms with Crippen LogP contribution in [0.15, 0.2) is 28.4 Å². The van der Waals surface area contributed by atoms with Crippen LogP contribution in [0.1, 0.15) is 40.5 Å². The monoisotopic (exact) mass is 438 g/mol. The van der Waals surface area contributed by atoms with Crippen LogP contribution >= 0.6 is 23.5 Å². The molecule has 0 saturated heterocycles. The van der Waals surface area contributed by atoms with E-state index in [1.165, 1.54) is 6.08 Å². The van der Waals surface area contributed by atoms with Crippen LogP contribution < -0.4 is 0 Å². The number of alkyl halides is 3. The van der Waals surface area contributed by atoms with Gasteiger partial charge in [0.05, 0.1) is 12.6 Å². The third kappa shape index (κ3) is 7.20. The van der Waals surface area contributed by atoms with Crippen molar-refractivity contribution in [3.05, 3.63) is 23.3 Å². The molecule has 0 aromatic heterocycles. The Hall–Kier alpha value is -1.42. The fraction of sp³-hybridized carbons (Fsp3) is 0.611.